The predicted octanol–water partition coefficient (Wildman–Crippen LogP) is 5.01. The summed E-state index contributed by atoms with van der Waals surface area (Å²) in [6.07, 6.45) is 4.69. The van der Waals surface area contributed by atoms with Gasteiger partial charge in [-0.1, -0.05) is 61.0 Å². The van der Waals surface area contributed by atoms with Crippen molar-refractivity contribution in [2.45, 2.75) is 26.7 Å². The molecule has 1 aliphatic carbocycles. The first-order valence-electron chi connectivity index (χ1n) is 6.67. The van der Waals surface area contributed by atoms with Crippen LogP contribution >= 0.6 is 0 Å². The maximum atomic E-state index is 2.39. The van der Waals surface area contributed by atoms with Crippen molar-refractivity contribution < 1.29 is 0 Å². The first-order chi connectivity index (χ1) is 8.79. The van der Waals surface area contributed by atoms with E-state index in [0.29, 0.717) is 0 Å². The van der Waals surface area contributed by atoms with Crippen molar-refractivity contribution in [3.8, 4) is 11.1 Å². The zero-order chi connectivity index (χ0) is 12.5. The highest BCUT2D eigenvalue weighted by Crippen LogP contribution is 2.36. The molecule has 0 spiro atoms. The monoisotopic (exact) mass is 234 g/mol. The molecule has 2 aromatic rings. The molecule has 0 heteroatoms. The van der Waals surface area contributed by atoms with Crippen LogP contribution in [0, 0.1) is 6.92 Å². The summed E-state index contributed by atoms with van der Waals surface area (Å²) in [7, 11) is 0. The molecule has 3 rings (SSSR count). The summed E-state index contributed by atoms with van der Waals surface area (Å²) >= 11 is 0. The van der Waals surface area contributed by atoms with E-state index in [1.807, 2.05) is 0 Å². The molecule has 18 heavy (non-hydrogen) atoms. The van der Waals surface area contributed by atoms with Crippen molar-refractivity contribution in [3.05, 3.63) is 64.7 Å². The van der Waals surface area contributed by atoms with Crippen LogP contribution in [0.4, 0.5) is 0 Å². The van der Waals surface area contributed by atoms with E-state index >= 15 is 0 Å². The number of hydrogen-bond acceptors (Lipinski definition) is 0. The molecular weight excluding hydrogens is 216 g/mol. The zero-order valence-corrected chi connectivity index (χ0v) is 11.0. The standard InChI is InChI=1S/C18H18/c1-3-14-11-17-13(2)9-10-16(18(17)12-14)15-7-5-4-6-8-15/h4-10,12H,3,11H2,1-2H3. The first-order valence-corrected chi connectivity index (χ1v) is 6.67. The molecule has 2 aromatic carbocycles. The highest BCUT2D eigenvalue weighted by atomic mass is 14.2. The molecular formula is C18H18. The van der Waals surface area contributed by atoms with Crippen molar-refractivity contribution >= 4 is 6.08 Å². The van der Waals surface area contributed by atoms with Crippen LogP contribution in [-0.2, 0) is 6.42 Å². The Bertz CT molecular complexity index is 603. The molecule has 0 unspecified atom stereocenters. The summed E-state index contributed by atoms with van der Waals surface area (Å²) in [6.45, 7) is 4.47. The Morgan fingerprint density at radius 2 is 1.78 bits per heavy atom. The number of hydrogen-bond donors (Lipinski definition) is 0. The highest BCUT2D eigenvalue weighted by Gasteiger charge is 2.17. The molecule has 0 saturated heterocycles. The van der Waals surface area contributed by atoms with E-state index < -0.39 is 0 Å². The maximum Gasteiger partial charge on any atom is -0.00551 e. The second-order valence-electron chi connectivity index (χ2n) is 5.02. The van der Waals surface area contributed by atoms with Crippen LogP contribution in [0.3, 0.4) is 0 Å². The van der Waals surface area contributed by atoms with Gasteiger partial charge in [0.25, 0.3) is 0 Å². The average molecular weight is 234 g/mol. The van der Waals surface area contributed by atoms with Crippen LogP contribution in [0.25, 0.3) is 17.2 Å². The van der Waals surface area contributed by atoms with Crippen LogP contribution in [-0.4, -0.2) is 0 Å². The van der Waals surface area contributed by atoms with Crippen LogP contribution in [0.15, 0.2) is 48.0 Å². The SMILES string of the molecule is CCC1=Cc2c(-c3ccccc3)ccc(C)c2C1. The molecule has 0 nitrogen and oxygen atoms in total. The fourth-order valence-electron chi connectivity index (χ4n) is 2.75. The maximum absolute atomic E-state index is 2.39. The molecule has 90 valence electrons. The molecule has 0 atom stereocenters. The van der Waals surface area contributed by atoms with Crippen molar-refractivity contribution in [1.29, 1.82) is 0 Å². The summed E-state index contributed by atoms with van der Waals surface area (Å²) in [6, 6.07) is 15.2. The van der Waals surface area contributed by atoms with Crippen molar-refractivity contribution in [2.75, 3.05) is 0 Å². The Balaban J connectivity index is 2.19. The lowest BCUT2D eigenvalue weighted by Crippen LogP contribution is -1.91. The Kier molecular flexibility index (Phi) is 2.79. The number of allylic oxidation sites excluding steroid dienone is 1. The minimum absolute atomic E-state index is 1.14. The Labute approximate surface area is 109 Å². The Hall–Kier alpha value is -1.82. The van der Waals surface area contributed by atoms with Crippen LogP contribution in [0.2, 0.25) is 0 Å². The number of fused-ring (bicyclic) bond motifs is 1. The summed E-state index contributed by atoms with van der Waals surface area (Å²) in [5.41, 5.74) is 8.63. The number of rotatable bonds is 2. The molecule has 0 aliphatic heterocycles. The molecule has 0 heterocycles. The van der Waals surface area contributed by atoms with E-state index in [-0.39, 0.29) is 0 Å². The van der Waals surface area contributed by atoms with E-state index in [2.05, 4.69) is 62.4 Å². The topological polar surface area (TPSA) is 0 Å². The Morgan fingerprint density at radius 1 is 1.00 bits per heavy atom. The molecule has 0 N–H and O–H groups in total. The summed E-state index contributed by atoms with van der Waals surface area (Å²) in [5, 5.41) is 0. The van der Waals surface area contributed by atoms with Gasteiger partial charge in [0.2, 0.25) is 0 Å². The zero-order valence-electron chi connectivity index (χ0n) is 11.0. The van der Waals surface area contributed by atoms with Crippen LogP contribution in [0.1, 0.15) is 30.0 Å². The van der Waals surface area contributed by atoms with Gasteiger partial charge in [-0.05, 0) is 47.6 Å². The normalized spacial score (nSPS) is 13.3. The molecule has 0 amide bonds. The summed E-state index contributed by atoms with van der Waals surface area (Å²) in [4.78, 5) is 0. The molecule has 1 aliphatic rings. The van der Waals surface area contributed by atoms with Gasteiger partial charge in [-0.25, -0.2) is 0 Å². The van der Waals surface area contributed by atoms with Crippen molar-refractivity contribution in [2.24, 2.45) is 0 Å². The summed E-state index contributed by atoms with van der Waals surface area (Å²) < 4.78 is 0. The van der Waals surface area contributed by atoms with Crippen molar-refractivity contribution in [3.63, 3.8) is 0 Å². The molecule has 0 radical (unpaired) electrons. The van der Waals surface area contributed by atoms with Gasteiger partial charge < -0.3 is 0 Å². The quantitative estimate of drug-likeness (QED) is 0.685. The lowest BCUT2D eigenvalue weighted by atomic mass is 9.94. The third-order valence-electron chi connectivity index (χ3n) is 3.88. The van der Waals surface area contributed by atoms with E-state index in [1.54, 1.807) is 5.57 Å². The fraction of sp³-hybridized carbons (Fsp3) is 0.222. The first kappa shape index (κ1) is 11.3. The Morgan fingerprint density at radius 3 is 2.50 bits per heavy atom. The molecule has 0 saturated carbocycles. The van der Waals surface area contributed by atoms with Crippen LogP contribution < -0.4 is 0 Å². The lowest BCUT2D eigenvalue weighted by Gasteiger charge is -2.10. The van der Waals surface area contributed by atoms with Gasteiger partial charge in [0.15, 0.2) is 0 Å². The summed E-state index contributed by atoms with van der Waals surface area (Å²) in [5.74, 6) is 0. The minimum atomic E-state index is 1.14. The predicted molar refractivity (Wildman–Crippen MR) is 78.6 cm³/mol. The van der Waals surface area contributed by atoms with E-state index in [4.69, 9.17) is 0 Å². The average Bonchev–Trinajstić information content (AvgIpc) is 2.85. The van der Waals surface area contributed by atoms with Gasteiger partial charge in [0, 0.05) is 0 Å². The van der Waals surface area contributed by atoms with E-state index in [9.17, 15) is 0 Å². The number of aryl methyl sites for hydroxylation is 1. The molecule has 0 aromatic heterocycles. The van der Waals surface area contributed by atoms with Gasteiger partial charge in [0.1, 0.15) is 0 Å². The number of benzene rings is 2. The highest BCUT2D eigenvalue weighted by molar-refractivity contribution is 5.81. The fourth-order valence-corrected chi connectivity index (χ4v) is 2.75. The third-order valence-corrected chi connectivity index (χ3v) is 3.88. The van der Waals surface area contributed by atoms with Gasteiger partial charge in [-0.2, -0.15) is 0 Å². The largest absolute Gasteiger partial charge is 0.0654 e. The molecule has 0 bridgehead atoms. The van der Waals surface area contributed by atoms with E-state index in [0.717, 1.165) is 12.8 Å². The smallest absolute Gasteiger partial charge is 0.00551 e. The molecule has 0 fully saturated rings. The minimum Gasteiger partial charge on any atom is -0.0654 e. The lowest BCUT2D eigenvalue weighted by molar-refractivity contribution is 1.03. The van der Waals surface area contributed by atoms with E-state index in [1.165, 1.54) is 27.8 Å². The van der Waals surface area contributed by atoms with Gasteiger partial charge in [-0.3, -0.25) is 0 Å². The second-order valence-corrected chi connectivity index (χ2v) is 5.02. The second kappa shape index (κ2) is 4.45. The third kappa shape index (κ3) is 1.78. The van der Waals surface area contributed by atoms with Crippen LogP contribution in [0.5, 0.6) is 0 Å². The van der Waals surface area contributed by atoms with Gasteiger partial charge >= 0.3 is 0 Å². The van der Waals surface area contributed by atoms with Gasteiger partial charge in [0.05, 0.1) is 0 Å². The van der Waals surface area contributed by atoms with Gasteiger partial charge in [-0.15, -0.1) is 0 Å². The van der Waals surface area contributed by atoms with Crippen molar-refractivity contribution in [1.82, 2.24) is 0 Å².